The van der Waals surface area contributed by atoms with Crippen LogP contribution in [-0.2, 0) is 0 Å². The monoisotopic (exact) mass is 431 g/mol. The molecule has 0 spiro atoms. The first kappa shape index (κ1) is 22.2. The molecule has 0 aliphatic carbocycles. The van der Waals surface area contributed by atoms with Gasteiger partial charge in [0.2, 0.25) is 0 Å². The van der Waals surface area contributed by atoms with Crippen LogP contribution < -0.4 is 21.3 Å². The lowest BCUT2D eigenvalue weighted by molar-refractivity contribution is 0.0955. The number of nitrogens with zero attached hydrogens (tertiary/aromatic N) is 1. The van der Waals surface area contributed by atoms with Crippen molar-refractivity contribution in [3.8, 4) is 0 Å². The van der Waals surface area contributed by atoms with Gasteiger partial charge >= 0.3 is 0 Å². The number of amides is 4. The van der Waals surface area contributed by atoms with Gasteiger partial charge < -0.3 is 21.3 Å². The average molecular weight is 431 g/mol. The molecule has 0 saturated heterocycles. The maximum Gasteiger partial charge on any atom is 0.274 e. The Hall–Kier alpha value is -4.53. The topological polar surface area (TPSA) is 129 Å². The van der Waals surface area contributed by atoms with Gasteiger partial charge in [-0.15, -0.1) is 0 Å². The Morgan fingerprint density at radius 3 is 1.38 bits per heavy atom. The van der Waals surface area contributed by atoms with E-state index < -0.39 is 11.8 Å². The summed E-state index contributed by atoms with van der Waals surface area (Å²) in [5, 5.41) is 10.3. The van der Waals surface area contributed by atoms with Gasteiger partial charge in [0.25, 0.3) is 23.6 Å². The summed E-state index contributed by atoms with van der Waals surface area (Å²) in [4.78, 5) is 53.5. The number of anilines is 2. The highest BCUT2D eigenvalue weighted by molar-refractivity contribution is 6.10. The number of nitrogens with one attached hydrogen (secondary N) is 4. The summed E-state index contributed by atoms with van der Waals surface area (Å²) in [6.45, 7) is 0. The largest absolute Gasteiger partial charge is 0.355 e. The van der Waals surface area contributed by atoms with E-state index in [1.807, 2.05) is 0 Å². The molecular formula is C23H21N5O4. The zero-order chi connectivity index (χ0) is 23.1. The molecule has 2 aromatic carbocycles. The first-order valence-electron chi connectivity index (χ1n) is 9.66. The van der Waals surface area contributed by atoms with Crippen molar-refractivity contribution in [2.24, 2.45) is 0 Å². The lowest BCUT2D eigenvalue weighted by atomic mass is 10.1. The number of carbonyl (C=O) groups excluding carboxylic acids is 4. The van der Waals surface area contributed by atoms with E-state index in [9.17, 15) is 19.2 Å². The fourth-order valence-electron chi connectivity index (χ4n) is 2.91. The second-order valence-corrected chi connectivity index (χ2v) is 6.57. The Morgan fingerprint density at radius 1 is 0.562 bits per heavy atom. The molecule has 0 unspecified atom stereocenters. The van der Waals surface area contributed by atoms with Crippen LogP contribution in [0, 0.1) is 0 Å². The zero-order valence-corrected chi connectivity index (χ0v) is 17.4. The highest BCUT2D eigenvalue weighted by atomic mass is 16.2. The predicted octanol–water partition coefficient (Wildman–Crippen LogP) is 2.31. The van der Waals surface area contributed by atoms with Crippen molar-refractivity contribution < 1.29 is 19.2 Å². The summed E-state index contributed by atoms with van der Waals surface area (Å²) in [7, 11) is 2.99. The normalized spacial score (nSPS) is 10.1. The first-order chi connectivity index (χ1) is 15.4. The SMILES string of the molecule is CNC(=O)c1ccccc1NC(=O)c1cccc(C(=O)Nc2ccccc2C(=O)NC)n1. The van der Waals surface area contributed by atoms with Crippen LogP contribution in [0.1, 0.15) is 41.7 Å². The van der Waals surface area contributed by atoms with E-state index in [4.69, 9.17) is 0 Å². The molecular weight excluding hydrogens is 410 g/mol. The highest BCUT2D eigenvalue weighted by Crippen LogP contribution is 2.17. The van der Waals surface area contributed by atoms with Crippen LogP contribution in [0.15, 0.2) is 66.7 Å². The molecule has 3 rings (SSSR count). The third-order valence-electron chi connectivity index (χ3n) is 4.51. The minimum absolute atomic E-state index is 0.0102. The van der Waals surface area contributed by atoms with Gasteiger partial charge in [0, 0.05) is 14.1 Å². The maximum atomic E-state index is 12.7. The first-order valence-corrected chi connectivity index (χ1v) is 9.66. The maximum absolute atomic E-state index is 12.7. The van der Waals surface area contributed by atoms with Crippen molar-refractivity contribution in [1.82, 2.24) is 15.6 Å². The van der Waals surface area contributed by atoms with Gasteiger partial charge in [-0.1, -0.05) is 30.3 Å². The number of aromatic nitrogens is 1. The third kappa shape index (κ3) is 4.96. The summed E-state index contributed by atoms with van der Waals surface area (Å²) in [6.07, 6.45) is 0. The number of carbonyl (C=O) groups is 4. The molecule has 1 aromatic heterocycles. The Bertz CT molecular complexity index is 1100. The molecule has 162 valence electrons. The van der Waals surface area contributed by atoms with Gasteiger partial charge in [-0.3, -0.25) is 19.2 Å². The molecule has 3 aromatic rings. The van der Waals surface area contributed by atoms with Crippen LogP contribution in [0.25, 0.3) is 0 Å². The smallest absolute Gasteiger partial charge is 0.274 e. The van der Waals surface area contributed by atoms with Crippen LogP contribution in [-0.4, -0.2) is 42.7 Å². The third-order valence-corrected chi connectivity index (χ3v) is 4.51. The van der Waals surface area contributed by atoms with Gasteiger partial charge in [0.05, 0.1) is 22.5 Å². The van der Waals surface area contributed by atoms with Gasteiger partial charge in [-0.25, -0.2) is 4.98 Å². The Labute approximate surface area is 184 Å². The lowest BCUT2D eigenvalue weighted by Gasteiger charge is -2.11. The molecule has 9 nitrogen and oxygen atoms in total. The molecule has 0 aliphatic heterocycles. The van der Waals surface area contributed by atoms with E-state index in [-0.39, 0.29) is 23.2 Å². The molecule has 4 N–H and O–H groups in total. The van der Waals surface area contributed by atoms with Gasteiger partial charge in [-0.2, -0.15) is 0 Å². The van der Waals surface area contributed by atoms with Crippen molar-refractivity contribution in [3.63, 3.8) is 0 Å². The van der Waals surface area contributed by atoms with Gasteiger partial charge in [0.15, 0.2) is 0 Å². The predicted molar refractivity (Wildman–Crippen MR) is 120 cm³/mol. The van der Waals surface area contributed by atoms with Crippen LogP contribution in [0.3, 0.4) is 0 Å². The fraction of sp³-hybridized carbons (Fsp3) is 0.0870. The number of rotatable bonds is 6. The summed E-state index contributed by atoms with van der Waals surface area (Å²) in [5.41, 5.74) is 1.19. The van der Waals surface area contributed by atoms with Crippen LogP contribution in [0.4, 0.5) is 11.4 Å². The van der Waals surface area contributed by atoms with E-state index in [1.165, 1.54) is 32.3 Å². The lowest BCUT2D eigenvalue weighted by Crippen LogP contribution is -2.23. The fourth-order valence-corrected chi connectivity index (χ4v) is 2.91. The summed E-state index contributed by atoms with van der Waals surface area (Å²) in [6, 6.07) is 17.5. The summed E-state index contributed by atoms with van der Waals surface area (Å²) in [5.74, 6) is -1.86. The van der Waals surface area contributed by atoms with E-state index in [2.05, 4.69) is 26.3 Å². The van der Waals surface area contributed by atoms with Crippen LogP contribution in [0.5, 0.6) is 0 Å². The van der Waals surface area contributed by atoms with Crippen molar-refractivity contribution in [1.29, 1.82) is 0 Å². The van der Waals surface area contributed by atoms with Gasteiger partial charge in [0.1, 0.15) is 11.4 Å². The molecule has 0 bridgehead atoms. The molecule has 0 saturated carbocycles. The number of hydrogen-bond acceptors (Lipinski definition) is 5. The second-order valence-electron chi connectivity index (χ2n) is 6.57. The Kier molecular flexibility index (Phi) is 6.92. The quantitative estimate of drug-likeness (QED) is 0.476. The van der Waals surface area contributed by atoms with Crippen molar-refractivity contribution in [3.05, 3.63) is 89.2 Å². The zero-order valence-electron chi connectivity index (χ0n) is 17.4. The Balaban J connectivity index is 1.81. The summed E-state index contributed by atoms with van der Waals surface area (Å²) < 4.78 is 0. The standard InChI is InChI=1S/C23H21N5O4/c1-24-20(29)14-8-3-5-10-16(14)27-22(31)18-12-7-13-19(26-18)23(32)28-17-11-6-4-9-15(17)21(30)25-2/h3-13H,1-2H3,(H,24,29)(H,25,30)(H,27,31)(H,28,32). The number of hydrogen-bond donors (Lipinski definition) is 4. The summed E-state index contributed by atoms with van der Waals surface area (Å²) >= 11 is 0. The van der Waals surface area contributed by atoms with Gasteiger partial charge in [-0.05, 0) is 36.4 Å². The van der Waals surface area contributed by atoms with E-state index in [0.717, 1.165) is 0 Å². The van der Waals surface area contributed by atoms with Crippen LogP contribution >= 0.6 is 0 Å². The van der Waals surface area contributed by atoms with E-state index in [0.29, 0.717) is 22.5 Å². The minimum atomic E-state index is -0.582. The number of para-hydroxylation sites is 2. The average Bonchev–Trinajstić information content (AvgIpc) is 2.83. The minimum Gasteiger partial charge on any atom is -0.355 e. The molecule has 9 heteroatoms. The molecule has 0 atom stereocenters. The molecule has 32 heavy (non-hydrogen) atoms. The number of benzene rings is 2. The Morgan fingerprint density at radius 2 is 0.969 bits per heavy atom. The molecule has 1 heterocycles. The van der Waals surface area contributed by atoms with E-state index in [1.54, 1.807) is 48.5 Å². The molecule has 4 amide bonds. The highest BCUT2D eigenvalue weighted by Gasteiger charge is 2.17. The second kappa shape index (κ2) is 9.98. The van der Waals surface area contributed by atoms with Crippen molar-refractivity contribution in [2.45, 2.75) is 0 Å². The van der Waals surface area contributed by atoms with Crippen molar-refractivity contribution in [2.75, 3.05) is 24.7 Å². The van der Waals surface area contributed by atoms with E-state index >= 15 is 0 Å². The van der Waals surface area contributed by atoms with Crippen molar-refractivity contribution >= 4 is 35.0 Å². The molecule has 0 radical (unpaired) electrons. The molecule has 0 aliphatic rings. The van der Waals surface area contributed by atoms with Crippen LogP contribution in [0.2, 0.25) is 0 Å². The molecule has 0 fully saturated rings. The number of pyridine rings is 1.